The van der Waals surface area contributed by atoms with Crippen LogP contribution in [-0.2, 0) is 47.4 Å². The van der Waals surface area contributed by atoms with Gasteiger partial charge in [0.25, 0.3) is 0 Å². The van der Waals surface area contributed by atoms with E-state index in [1.165, 1.54) is 0 Å². The van der Waals surface area contributed by atoms with Gasteiger partial charge in [-0.1, -0.05) is 34.6 Å². The van der Waals surface area contributed by atoms with Crippen LogP contribution in [0.4, 0.5) is 0 Å². The van der Waals surface area contributed by atoms with Gasteiger partial charge in [0, 0.05) is 51.1 Å². The minimum atomic E-state index is 0.0910. The lowest BCUT2D eigenvalue weighted by Gasteiger charge is -2.02. The van der Waals surface area contributed by atoms with E-state index in [1.807, 2.05) is 0 Å². The number of aliphatic hydroxyl groups excluding tert-OH is 2. The quantitative estimate of drug-likeness (QED) is 0.0467. The maximum atomic E-state index is 8.30. The summed E-state index contributed by atoms with van der Waals surface area (Å²) in [5.74, 6) is 1.57. The van der Waals surface area contributed by atoms with Crippen molar-refractivity contribution in [3.8, 4) is 0 Å². The smallest absolute Gasteiger partial charge is 0.0701 e. The first-order valence-corrected chi connectivity index (χ1v) is 19.7. The Kier molecular flexibility index (Phi) is 84.1. The lowest BCUT2D eigenvalue weighted by molar-refractivity contribution is 0.0333. The van der Waals surface area contributed by atoms with Gasteiger partial charge in [0.1, 0.15) is 0 Å². The summed E-state index contributed by atoms with van der Waals surface area (Å²) in [4.78, 5) is 0. The van der Waals surface area contributed by atoms with Gasteiger partial charge in [-0.25, -0.2) is 0 Å². The Hall–Kier alpha value is 0.180. The molecule has 0 aliphatic carbocycles. The molecule has 0 rings (SSSR count). The molecule has 0 aliphatic rings. The fourth-order valence-corrected chi connectivity index (χ4v) is 2.93. The predicted octanol–water partition coefficient (Wildman–Crippen LogP) is 3.95. The van der Waals surface area contributed by atoms with Crippen molar-refractivity contribution in [2.45, 2.75) is 66.7 Å². The predicted molar refractivity (Wildman–Crippen MR) is 211 cm³/mol. The Morgan fingerprint density at radius 2 is 0.520 bits per heavy atom. The van der Waals surface area contributed by atoms with Crippen LogP contribution >= 0.6 is 25.3 Å². The van der Waals surface area contributed by atoms with Crippen molar-refractivity contribution in [1.29, 1.82) is 0 Å². The molecule has 15 heteroatoms. The van der Waals surface area contributed by atoms with E-state index >= 15 is 0 Å². The van der Waals surface area contributed by atoms with Crippen LogP contribution in [0.5, 0.6) is 0 Å². The molecule has 0 fully saturated rings. The van der Waals surface area contributed by atoms with Crippen LogP contribution < -0.4 is 5.73 Å². The first-order valence-electron chi connectivity index (χ1n) is 18.5. The van der Waals surface area contributed by atoms with E-state index in [0.29, 0.717) is 92.4 Å². The van der Waals surface area contributed by atoms with Crippen LogP contribution in [0.15, 0.2) is 0 Å². The number of nitrogens with two attached hydrogens (primary N) is 1. The summed E-state index contributed by atoms with van der Waals surface area (Å²) >= 11 is 8.00. The van der Waals surface area contributed by atoms with Crippen molar-refractivity contribution in [2.24, 2.45) is 5.73 Å². The van der Waals surface area contributed by atoms with E-state index in [2.05, 4.69) is 59.9 Å². The maximum Gasteiger partial charge on any atom is 0.0701 e. The number of thiol groups is 2. The molecule has 0 atom stereocenters. The zero-order valence-electron chi connectivity index (χ0n) is 32.7. The SMILES string of the molecule is CCCOCCOCCN.CCCOCCOCCO.CCCOCCOCCO.CCCOCCOCCS.CCCOCCOCCS. The van der Waals surface area contributed by atoms with Gasteiger partial charge < -0.3 is 63.3 Å². The number of ether oxygens (including phenoxy) is 10. The molecule has 0 radical (unpaired) electrons. The molecule has 0 aromatic carbocycles. The van der Waals surface area contributed by atoms with Gasteiger partial charge in [-0.15, -0.1) is 0 Å². The maximum absolute atomic E-state index is 8.30. The van der Waals surface area contributed by atoms with Crippen LogP contribution in [0.2, 0.25) is 0 Å². The number of hydrogen-bond acceptors (Lipinski definition) is 15. The van der Waals surface area contributed by atoms with E-state index in [9.17, 15) is 0 Å². The van der Waals surface area contributed by atoms with Gasteiger partial charge >= 0.3 is 0 Å². The van der Waals surface area contributed by atoms with Crippen molar-refractivity contribution in [2.75, 3.05) is 163 Å². The summed E-state index contributed by atoms with van der Waals surface area (Å²) in [7, 11) is 0. The van der Waals surface area contributed by atoms with E-state index in [0.717, 1.165) is 89.9 Å². The van der Waals surface area contributed by atoms with E-state index < -0.39 is 0 Å². The monoisotopic (exact) mass is 772 g/mol. The minimum Gasteiger partial charge on any atom is -0.394 e. The second-order valence-electron chi connectivity index (χ2n) is 9.81. The molecule has 4 N–H and O–H groups in total. The fourth-order valence-electron chi connectivity index (χ4n) is 2.67. The van der Waals surface area contributed by atoms with Crippen LogP contribution in [0.25, 0.3) is 0 Å². The minimum absolute atomic E-state index is 0.0910. The molecule has 0 amide bonds. The third-order valence-corrected chi connectivity index (χ3v) is 5.17. The van der Waals surface area contributed by atoms with Gasteiger partial charge in [-0.3, -0.25) is 0 Å². The Balaban J connectivity index is -0.000000169. The van der Waals surface area contributed by atoms with Gasteiger partial charge in [-0.2, -0.15) is 25.3 Å². The molecule has 0 aromatic rings. The highest BCUT2D eigenvalue weighted by Crippen LogP contribution is 1.85. The van der Waals surface area contributed by atoms with Gasteiger partial charge in [0.05, 0.1) is 112 Å². The molecule has 0 bridgehead atoms. The van der Waals surface area contributed by atoms with E-state index in [-0.39, 0.29) is 13.2 Å². The van der Waals surface area contributed by atoms with Crippen molar-refractivity contribution in [1.82, 2.24) is 0 Å². The third kappa shape index (κ3) is 86.7. The van der Waals surface area contributed by atoms with Crippen molar-refractivity contribution < 1.29 is 57.6 Å². The first kappa shape index (κ1) is 59.5. The van der Waals surface area contributed by atoms with Crippen LogP contribution in [-0.4, -0.2) is 174 Å². The topological polar surface area (TPSA) is 159 Å². The highest BCUT2D eigenvalue weighted by molar-refractivity contribution is 7.80. The molecular weight excluding hydrogens is 691 g/mol. The molecule has 0 aromatic heterocycles. The third-order valence-electron chi connectivity index (χ3n) is 4.81. The number of hydrogen-bond donors (Lipinski definition) is 5. The normalized spacial score (nSPS) is 10.2. The second-order valence-corrected chi connectivity index (χ2v) is 10.7. The summed E-state index contributed by atoms with van der Waals surface area (Å²) in [6.07, 6.45) is 5.30. The van der Waals surface area contributed by atoms with Crippen LogP contribution in [0.3, 0.4) is 0 Å². The molecule has 310 valence electrons. The molecule has 0 aliphatic heterocycles. The van der Waals surface area contributed by atoms with Gasteiger partial charge in [0.2, 0.25) is 0 Å². The van der Waals surface area contributed by atoms with Crippen molar-refractivity contribution in [3.63, 3.8) is 0 Å². The Labute approximate surface area is 318 Å². The molecule has 0 unspecified atom stereocenters. The molecular formula is C35H81NO12S2. The van der Waals surface area contributed by atoms with Crippen LogP contribution in [0.1, 0.15) is 66.7 Å². The number of rotatable bonds is 35. The summed E-state index contributed by atoms with van der Waals surface area (Å²) in [6.45, 7) is 24.8. The average Bonchev–Trinajstić information content (AvgIpc) is 3.13. The van der Waals surface area contributed by atoms with E-state index in [1.54, 1.807) is 0 Å². The number of aliphatic hydroxyl groups is 2. The van der Waals surface area contributed by atoms with Gasteiger partial charge in [-0.05, 0) is 32.1 Å². The highest BCUT2D eigenvalue weighted by Gasteiger charge is 1.89. The highest BCUT2D eigenvalue weighted by atomic mass is 32.1. The summed E-state index contributed by atoms with van der Waals surface area (Å²) in [6, 6.07) is 0. The van der Waals surface area contributed by atoms with Crippen molar-refractivity contribution in [3.05, 3.63) is 0 Å². The Bertz CT molecular complexity index is 351. The second kappa shape index (κ2) is 70.7. The zero-order chi connectivity index (χ0) is 38.3. The zero-order valence-corrected chi connectivity index (χ0v) is 34.5. The Morgan fingerprint density at radius 1 is 0.320 bits per heavy atom. The molecule has 0 spiro atoms. The van der Waals surface area contributed by atoms with Crippen LogP contribution in [0, 0.1) is 0 Å². The summed E-state index contributed by atoms with van der Waals surface area (Å²) < 4.78 is 51.0. The average molecular weight is 772 g/mol. The largest absolute Gasteiger partial charge is 0.394 e. The summed E-state index contributed by atoms with van der Waals surface area (Å²) in [5.41, 5.74) is 5.20. The van der Waals surface area contributed by atoms with E-state index in [4.69, 9.17) is 63.3 Å². The molecule has 13 nitrogen and oxygen atoms in total. The molecule has 0 heterocycles. The lowest BCUT2D eigenvalue weighted by atomic mass is 10.5. The first-order chi connectivity index (χ1) is 24.6. The summed E-state index contributed by atoms with van der Waals surface area (Å²) in [5, 5.41) is 16.6. The standard InChI is InChI=1S/C7H17NO2.2C7H16O3.2C7H16O2S/c3*1-2-4-9-6-7-10-5-3-8;2*1-2-3-8-4-5-9-6-7-10/h2-8H2,1H3;2*8H,2-7H2,1H3;2*10H,2-7H2,1H3. The molecule has 0 saturated carbocycles. The molecule has 50 heavy (non-hydrogen) atoms. The van der Waals surface area contributed by atoms with Crippen molar-refractivity contribution >= 4 is 25.3 Å². The fraction of sp³-hybridized carbons (Fsp3) is 1.00. The lowest BCUT2D eigenvalue weighted by Crippen LogP contribution is -2.12. The molecule has 0 saturated heterocycles. The Morgan fingerprint density at radius 3 is 0.700 bits per heavy atom. The van der Waals surface area contributed by atoms with Gasteiger partial charge in [0.15, 0.2) is 0 Å².